The van der Waals surface area contributed by atoms with Crippen LogP contribution in [0.1, 0.15) is 134 Å². The molecule has 1 rings (SSSR count). The molecule has 0 amide bonds. The number of carbonyl (C=O) groups is 2. The Morgan fingerprint density at radius 2 is 1.49 bits per heavy atom. The maximum Gasteiger partial charge on any atom is 0.305 e. The lowest BCUT2D eigenvalue weighted by Crippen LogP contribution is -2.55. The van der Waals surface area contributed by atoms with E-state index in [-0.39, 0.29) is 40.2 Å². The molecule has 0 aliphatic rings. The summed E-state index contributed by atoms with van der Waals surface area (Å²) >= 11 is 0. The van der Waals surface area contributed by atoms with E-state index in [1.807, 2.05) is 45.0 Å². The second-order valence-electron chi connectivity index (χ2n) is 18.6. The zero-order valence-corrected chi connectivity index (χ0v) is 37.3. The summed E-state index contributed by atoms with van der Waals surface area (Å²) in [7, 11) is -4.68. The van der Waals surface area contributed by atoms with Gasteiger partial charge < -0.3 is 19.1 Å². The van der Waals surface area contributed by atoms with E-state index >= 15 is 0 Å². The number of Topliss-reactive ketones (excluding diaryl/α,β-unsaturated/α-hetero) is 1. The fourth-order valence-electron chi connectivity index (χ4n) is 5.90. The Bertz CT molecular complexity index is 1310. The Labute approximate surface area is 314 Å². The van der Waals surface area contributed by atoms with Crippen molar-refractivity contribution in [2.24, 2.45) is 17.3 Å². The number of nitrogens with zero attached hydrogens (tertiary/aromatic N) is 1. The summed E-state index contributed by atoms with van der Waals surface area (Å²) in [5.41, 5.74) is 1.93. The molecule has 0 aliphatic heterocycles. The molecule has 0 fully saturated rings. The SMILES string of the molecule is CCCC(C(=O)C(C)(C)[C@H](CC(=O)O)O[Si](C)(C)C(C)(C)C)[C@@H](O[Si](C)(C)C(C)(C)C)[C@@H](C)CCC/C(C)=C\C[C@H](O)/C(C)=C/c1ccccn1. The lowest BCUT2D eigenvalue weighted by molar-refractivity contribution is -0.147. The number of pyridine rings is 1. The first-order valence-corrected chi connectivity index (χ1v) is 25.0. The molecule has 1 aromatic heterocycles. The first kappa shape index (κ1) is 47.1. The van der Waals surface area contributed by atoms with Gasteiger partial charge >= 0.3 is 5.97 Å². The maximum atomic E-state index is 14.9. The summed E-state index contributed by atoms with van der Waals surface area (Å²) < 4.78 is 14.0. The van der Waals surface area contributed by atoms with Crippen molar-refractivity contribution in [1.82, 2.24) is 4.98 Å². The molecule has 0 saturated carbocycles. The fraction of sp³-hybridized carbons (Fsp3) is 0.738. The highest BCUT2D eigenvalue weighted by molar-refractivity contribution is 6.74. The number of allylic oxidation sites excluding steroid dienone is 1. The standard InChI is InChI=1S/C42H75NO6Si2/c1-17-21-34(39(47)42(11,12)36(29-37(45)46)48-50(13,14)40(5,6)7)38(49-51(15,16)41(8,9)10)31(3)23-20-22-30(2)25-26-35(44)32(4)28-33-24-18-19-27-43-33/h18-19,24-25,27-28,31,34-36,38,44H,17,20-23,26,29H2,1-16H3,(H,45,46)/b30-25-,32-28+/t31-,34?,35-,36-,38-/m0/s1. The molecule has 2 N–H and O–H groups in total. The molecule has 292 valence electrons. The van der Waals surface area contributed by atoms with Crippen LogP contribution >= 0.6 is 0 Å². The van der Waals surface area contributed by atoms with Crippen molar-refractivity contribution in [2.75, 3.05) is 0 Å². The number of carbonyl (C=O) groups excluding carboxylic acids is 1. The number of aliphatic hydroxyl groups is 1. The number of aromatic nitrogens is 1. The molecule has 0 bridgehead atoms. The highest BCUT2D eigenvalue weighted by atomic mass is 28.4. The molecule has 9 heteroatoms. The Hall–Kier alpha value is -1.92. The van der Waals surface area contributed by atoms with Gasteiger partial charge in [-0.05, 0) is 112 Å². The van der Waals surface area contributed by atoms with Gasteiger partial charge in [-0.2, -0.15) is 0 Å². The van der Waals surface area contributed by atoms with E-state index in [0.29, 0.717) is 12.8 Å². The summed E-state index contributed by atoms with van der Waals surface area (Å²) in [6, 6.07) is 5.75. The highest BCUT2D eigenvalue weighted by Crippen LogP contribution is 2.45. The fourth-order valence-corrected chi connectivity index (χ4v) is 8.77. The third-order valence-corrected chi connectivity index (χ3v) is 20.6. The van der Waals surface area contributed by atoms with Gasteiger partial charge in [-0.3, -0.25) is 14.6 Å². The van der Waals surface area contributed by atoms with E-state index in [4.69, 9.17) is 8.85 Å². The van der Waals surface area contributed by atoms with Crippen LogP contribution in [0, 0.1) is 17.3 Å². The predicted molar refractivity (Wildman–Crippen MR) is 219 cm³/mol. The number of aliphatic hydroxyl groups excluding tert-OH is 1. The Morgan fingerprint density at radius 3 is 1.98 bits per heavy atom. The summed E-state index contributed by atoms with van der Waals surface area (Å²) in [4.78, 5) is 31.5. The monoisotopic (exact) mass is 746 g/mol. The molecule has 0 saturated heterocycles. The van der Waals surface area contributed by atoms with Crippen LogP contribution in [0.25, 0.3) is 6.08 Å². The number of hydrogen-bond acceptors (Lipinski definition) is 6. The first-order chi connectivity index (χ1) is 23.2. The first-order valence-electron chi connectivity index (χ1n) is 19.2. The second-order valence-corrected chi connectivity index (χ2v) is 28.1. The van der Waals surface area contributed by atoms with E-state index in [1.54, 1.807) is 6.20 Å². The molecular formula is C42H75NO6Si2. The van der Waals surface area contributed by atoms with Gasteiger partial charge in [-0.15, -0.1) is 0 Å². The molecule has 0 aliphatic carbocycles. The normalized spacial score (nSPS) is 17.1. The molecular weight excluding hydrogens is 671 g/mol. The van der Waals surface area contributed by atoms with E-state index in [2.05, 4.69) is 99.6 Å². The van der Waals surface area contributed by atoms with Gasteiger partial charge in [0.15, 0.2) is 16.6 Å². The molecule has 0 radical (unpaired) electrons. The molecule has 1 heterocycles. The number of hydrogen-bond donors (Lipinski definition) is 2. The summed E-state index contributed by atoms with van der Waals surface area (Å²) in [5, 5.41) is 20.6. The number of rotatable bonds is 21. The van der Waals surface area contributed by atoms with Crippen LogP contribution < -0.4 is 0 Å². The highest BCUT2D eigenvalue weighted by Gasteiger charge is 2.50. The smallest absolute Gasteiger partial charge is 0.305 e. The van der Waals surface area contributed by atoms with Gasteiger partial charge in [0, 0.05) is 17.5 Å². The number of carboxylic acids is 1. The van der Waals surface area contributed by atoms with Crippen LogP contribution in [-0.2, 0) is 18.4 Å². The van der Waals surface area contributed by atoms with Gasteiger partial charge in [-0.25, -0.2) is 0 Å². The van der Waals surface area contributed by atoms with Crippen LogP contribution in [-0.4, -0.2) is 61.9 Å². The Balaban J connectivity index is 3.35. The van der Waals surface area contributed by atoms with Crippen LogP contribution in [0.4, 0.5) is 0 Å². The topological polar surface area (TPSA) is 106 Å². The minimum Gasteiger partial charge on any atom is -0.481 e. The van der Waals surface area contributed by atoms with Crippen molar-refractivity contribution in [2.45, 2.75) is 183 Å². The lowest BCUT2D eigenvalue weighted by Gasteiger charge is -2.47. The molecule has 51 heavy (non-hydrogen) atoms. The second kappa shape index (κ2) is 19.4. The Kier molecular flexibility index (Phi) is 17.9. The average Bonchev–Trinajstić information content (AvgIpc) is 2.99. The predicted octanol–water partition coefficient (Wildman–Crippen LogP) is 11.3. The third-order valence-electron chi connectivity index (χ3n) is 11.7. The number of carboxylic acid groups (broad SMARTS) is 1. The lowest BCUT2D eigenvalue weighted by atomic mass is 9.71. The summed E-state index contributed by atoms with van der Waals surface area (Å²) in [5.74, 6) is -1.18. The van der Waals surface area contributed by atoms with Crippen LogP contribution in [0.15, 0.2) is 41.6 Å². The summed E-state index contributed by atoms with van der Waals surface area (Å²) in [6.45, 7) is 34.0. The van der Waals surface area contributed by atoms with Crippen molar-refractivity contribution in [3.05, 3.63) is 47.3 Å². The minimum atomic E-state index is -2.39. The van der Waals surface area contributed by atoms with E-state index < -0.39 is 40.2 Å². The zero-order chi connectivity index (χ0) is 39.6. The van der Waals surface area contributed by atoms with Gasteiger partial charge in [0.2, 0.25) is 0 Å². The van der Waals surface area contributed by atoms with Crippen LogP contribution in [0.2, 0.25) is 36.3 Å². The van der Waals surface area contributed by atoms with Crippen molar-refractivity contribution in [3.63, 3.8) is 0 Å². The van der Waals surface area contributed by atoms with Gasteiger partial charge in [0.05, 0.1) is 30.4 Å². The Morgan fingerprint density at radius 1 is 0.922 bits per heavy atom. The van der Waals surface area contributed by atoms with Gasteiger partial charge in [-0.1, -0.05) is 93.4 Å². The minimum absolute atomic E-state index is 0.0408. The molecule has 1 aromatic rings. The van der Waals surface area contributed by atoms with Crippen molar-refractivity contribution in [3.8, 4) is 0 Å². The third kappa shape index (κ3) is 14.4. The van der Waals surface area contributed by atoms with E-state index in [9.17, 15) is 19.8 Å². The van der Waals surface area contributed by atoms with Crippen LogP contribution in [0.5, 0.6) is 0 Å². The van der Waals surface area contributed by atoms with Crippen molar-refractivity contribution in [1.29, 1.82) is 0 Å². The number of ketones is 1. The quantitative estimate of drug-likeness (QED) is 0.0953. The van der Waals surface area contributed by atoms with E-state index in [0.717, 1.165) is 37.0 Å². The largest absolute Gasteiger partial charge is 0.481 e. The number of aliphatic carboxylic acids is 1. The molecule has 0 aromatic carbocycles. The zero-order valence-electron chi connectivity index (χ0n) is 35.3. The summed E-state index contributed by atoms with van der Waals surface area (Å²) in [6.07, 6.45) is 8.75. The molecule has 0 spiro atoms. The molecule has 7 nitrogen and oxygen atoms in total. The van der Waals surface area contributed by atoms with Crippen molar-refractivity contribution < 1.29 is 28.7 Å². The van der Waals surface area contributed by atoms with Crippen molar-refractivity contribution >= 4 is 34.5 Å². The van der Waals surface area contributed by atoms with Gasteiger partial charge in [0.25, 0.3) is 0 Å². The van der Waals surface area contributed by atoms with Gasteiger partial charge in [0.1, 0.15) is 5.78 Å². The van der Waals surface area contributed by atoms with E-state index in [1.165, 1.54) is 5.57 Å². The maximum absolute atomic E-state index is 14.9. The molecule has 5 atom stereocenters. The average molecular weight is 746 g/mol. The van der Waals surface area contributed by atoms with Crippen LogP contribution in [0.3, 0.4) is 0 Å². The molecule has 1 unspecified atom stereocenters.